The Labute approximate surface area is 323 Å². The van der Waals surface area contributed by atoms with Gasteiger partial charge in [0, 0.05) is 21.4 Å². The van der Waals surface area contributed by atoms with Crippen molar-refractivity contribution in [2.45, 2.75) is 69.5 Å². The molecule has 20 heteroatoms. The summed E-state index contributed by atoms with van der Waals surface area (Å²) in [5.41, 5.74) is 9.84. The van der Waals surface area contributed by atoms with Crippen LogP contribution in [0.25, 0.3) is 10.4 Å². The fourth-order valence-corrected chi connectivity index (χ4v) is 6.13. The summed E-state index contributed by atoms with van der Waals surface area (Å²) in [6.45, 7) is 2.51. The van der Waals surface area contributed by atoms with Crippen molar-refractivity contribution in [3.63, 3.8) is 0 Å². The molecule has 2 unspecified atom stereocenters. The topological polar surface area (TPSA) is 186 Å². The number of aromatic nitrogens is 1. The van der Waals surface area contributed by atoms with Gasteiger partial charge in [-0.2, -0.15) is 13.2 Å². The first-order valence-electron chi connectivity index (χ1n) is 17.2. The molecule has 0 bridgehead atoms. The molecule has 2 aromatic carbocycles. The second kappa shape index (κ2) is 18.0. The Morgan fingerprint density at radius 2 is 1.80 bits per heavy atom. The van der Waals surface area contributed by atoms with E-state index in [-0.39, 0.29) is 44.0 Å². The predicted octanol–water partition coefficient (Wildman–Crippen LogP) is 7.28. The van der Waals surface area contributed by atoms with E-state index in [9.17, 15) is 33.1 Å². The lowest BCUT2D eigenvalue weighted by atomic mass is 9.84. The van der Waals surface area contributed by atoms with Crippen LogP contribution in [0.4, 0.5) is 32.8 Å². The molecular formula is C36H38ClF4N7O8. The first kappa shape index (κ1) is 41.6. The number of pyridine rings is 1. The van der Waals surface area contributed by atoms with Gasteiger partial charge in [0.15, 0.2) is 11.5 Å². The van der Waals surface area contributed by atoms with Gasteiger partial charge >= 0.3 is 18.4 Å². The van der Waals surface area contributed by atoms with E-state index >= 15 is 4.39 Å². The Morgan fingerprint density at radius 1 is 1.09 bits per heavy atom. The number of rotatable bonds is 12. The molecule has 4 atom stereocenters. The zero-order valence-electron chi connectivity index (χ0n) is 30.3. The van der Waals surface area contributed by atoms with E-state index in [1.807, 2.05) is 0 Å². The Morgan fingerprint density at radius 3 is 2.50 bits per heavy atom. The molecule has 300 valence electrons. The van der Waals surface area contributed by atoms with Crippen LogP contribution in [-0.4, -0.2) is 91.0 Å². The molecule has 0 spiro atoms. The van der Waals surface area contributed by atoms with Gasteiger partial charge in [-0.3, -0.25) is 14.7 Å². The molecule has 0 radical (unpaired) electrons. The maximum atomic E-state index is 15.4. The van der Waals surface area contributed by atoms with Crippen LogP contribution < -0.4 is 20.1 Å². The number of halogens is 5. The van der Waals surface area contributed by atoms with Gasteiger partial charge in [0.05, 0.1) is 43.4 Å². The molecule has 2 aliphatic rings. The van der Waals surface area contributed by atoms with Gasteiger partial charge in [-0.15, -0.1) is 0 Å². The van der Waals surface area contributed by atoms with Gasteiger partial charge in [-0.1, -0.05) is 34.9 Å². The number of alkyl carbamates (subject to hydrolysis) is 1. The number of nitrogens with one attached hydrogen (secondary N) is 2. The van der Waals surface area contributed by atoms with Crippen molar-refractivity contribution in [3.05, 3.63) is 92.8 Å². The van der Waals surface area contributed by atoms with Gasteiger partial charge in [0.2, 0.25) is 12.7 Å². The Hall–Kier alpha value is -5.52. The van der Waals surface area contributed by atoms with Crippen molar-refractivity contribution < 1.29 is 55.6 Å². The number of nitrogens with zero attached hydrogens (tertiary/aromatic N) is 5. The highest BCUT2D eigenvalue weighted by Gasteiger charge is 2.37. The summed E-state index contributed by atoms with van der Waals surface area (Å²) in [7, 11) is 0. The third-order valence-electron chi connectivity index (χ3n) is 8.56. The second-order valence-electron chi connectivity index (χ2n) is 13.8. The van der Waals surface area contributed by atoms with Crippen molar-refractivity contribution >= 4 is 35.4 Å². The maximum absolute atomic E-state index is 15.4. The SMILES string of the molecule is CC(C)(C)OC(=O)N1CC(CCc2c(F)cncc2NC(=O)[C@@H](N=[N+]=[N-])[C@@H](c2ccc(Cl)cc2)c2ccc3c(c2)OCO3)OCC1COC(=O)NCC(F)(F)F. The highest BCUT2D eigenvalue weighted by atomic mass is 35.5. The molecule has 56 heavy (non-hydrogen) atoms. The van der Waals surface area contributed by atoms with Gasteiger partial charge in [0.25, 0.3) is 0 Å². The Bertz CT molecular complexity index is 1940. The number of carbonyl (C=O) groups is 3. The molecule has 1 fully saturated rings. The Kier molecular flexibility index (Phi) is 13.4. The summed E-state index contributed by atoms with van der Waals surface area (Å²) in [6.07, 6.45) is -5.22. The monoisotopic (exact) mass is 807 g/mol. The van der Waals surface area contributed by atoms with Gasteiger partial charge in [-0.05, 0) is 74.5 Å². The minimum atomic E-state index is -4.65. The number of hydrogen-bond acceptors (Lipinski definition) is 10. The zero-order chi connectivity index (χ0) is 40.6. The average Bonchev–Trinajstić information content (AvgIpc) is 3.61. The second-order valence-corrected chi connectivity index (χ2v) is 14.2. The van der Waals surface area contributed by atoms with Crippen LogP contribution in [0.2, 0.25) is 5.02 Å². The summed E-state index contributed by atoms with van der Waals surface area (Å²) in [5, 5.41) is 8.56. The number of anilines is 1. The number of hydrogen-bond donors (Lipinski definition) is 2. The summed E-state index contributed by atoms with van der Waals surface area (Å²) in [5.74, 6) is -1.47. The van der Waals surface area contributed by atoms with Crippen molar-refractivity contribution in [1.29, 1.82) is 0 Å². The molecule has 0 saturated carbocycles. The number of benzene rings is 2. The fourth-order valence-electron chi connectivity index (χ4n) is 6.01. The number of amides is 3. The third-order valence-corrected chi connectivity index (χ3v) is 8.81. The molecule has 0 aliphatic carbocycles. The Balaban J connectivity index is 1.32. The normalized spacial score (nSPS) is 17.6. The van der Waals surface area contributed by atoms with E-state index in [0.29, 0.717) is 27.6 Å². The smallest absolute Gasteiger partial charge is 0.410 e. The van der Waals surface area contributed by atoms with Gasteiger partial charge in [0.1, 0.15) is 30.6 Å². The fraction of sp³-hybridized carbons (Fsp3) is 0.444. The number of azide groups is 1. The standard InChI is InChI=1S/C36H38ClF4N7O8/c1-35(2,3)56-34(51)48-15-24(52-16-23(48)17-53-33(50)44-18-36(39,40)41)9-10-25-26(38)13-43-14-27(25)45-32(49)31(46-47-42)30(20-4-7-22(37)8-5-20)21-6-11-28-29(12-21)55-19-54-28/h4-8,11-14,23-24,30-31H,9-10,15-19H2,1-3H3,(H,44,50)(H,45,49)/t23?,24?,30-,31-/m0/s1. The highest BCUT2D eigenvalue weighted by Crippen LogP contribution is 2.39. The summed E-state index contributed by atoms with van der Waals surface area (Å²) < 4.78 is 80.3. The number of alkyl halides is 3. The number of ether oxygens (including phenoxy) is 5. The maximum Gasteiger partial charge on any atom is 0.410 e. The molecule has 1 aromatic heterocycles. The lowest BCUT2D eigenvalue weighted by Crippen LogP contribution is -2.55. The van der Waals surface area contributed by atoms with Crippen LogP contribution in [0.3, 0.4) is 0 Å². The van der Waals surface area contributed by atoms with Crippen molar-refractivity contribution in [3.8, 4) is 11.5 Å². The van der Waals surface area contributed by atoms with Gasteiger partial charge < -0.3 is 34.3 Å². The van der Waals surface area contributed by atoms with Crippen molar-refractivity contribution in [1.82, 2.24) is 15.2 Å². The predicted molar refractivity (Wildman–Crippen MR) is 192 cm³/mol. The number of carbonyl (C=O) groups excluding carboxylic acids is 3. The lowest BCUT2D eigenvalue weighted by molar-refractivity contribution is -0.124. The summed E-state index contributed by atoms with van der Waals surface area (Å²) in [4.78, 5) is 47.2. The van der Waals surface area contributed by atoms with Crippen LogP contribution in [0.5, 0.6) is 11.5 Å². The largest absolute Gasteiger partial charge is 0.454 e. The third kappa shape index (κ3) is 11.3. The highest BCUT2D eigenvalue weighted by molar-refractivity contribution is 6.30. The number of morpholine rings is 1. The molecule has 3 heterocycles. The van der Waals surface area contributed by atoms with Crippen LogP contribution in [0.1, 0.15) is 49.8 Å². The van der Waals surface area contributed by atoms with E-state index in [0.717, 1.165) is 6.20 Å². The van der Waals surface area contributed by atoms with E-state index < -0.39 is 72.9 Å². The first-order chi connectivity index (χ1) is 26.5. The molecule has 2 aliphatic heterocycles. The van der Waals surface area contributed by atoms with E-state index in [2.05, 4.69) is 20.3 Å². The summed E-state index contributed by atoms with van der Waals surface area (Å²) >= 11 is 6.15. The van der Waals surface area contributed by atoms with E-state index in [1.165, 1.54) is 11.1 Å². The van der Waals surface area contributed by atoms with Crippen LogP contribution in [0, 0.1) is 5.82 Å². The molecule has 15 nitrogen and oxygen atoms in total. The van der Waals surface area contributed by atoms with E-state index in [1.54, 1.807) is 68.6 Å². The molecule has 3 aromatic rings. The van der Waals surface area contributed by atoms with E-state index in [4.69, 9.17) is 35.3 Å². The molecule has 3 amide bonds. The van der Waals surface area contributed by atoms with Crippen molar-refractivity contribution in [2.24, 2.45) is 5.11 Å². The van der Waals surface area contributed by atoms with Crippen LogP contribution >= 0.6 is 11.6 Å². The minimum Gasteiger partial charge on any atom is -0.454 e. The van der Waals surface area contributed by atoms with Crippen molar-refractivity contribution in [2.75, 3.05) is 38.4 Å². The zero-order valence-corrected chi connectivity index (χ0v) is 31.1. The number of fused-ring (bicyclic) bond motifs is 1. The average molecular weight is 808 g/mol. The first-order valence-corrected chi connectivity index (χ1v) is 17.6. The lowest BCUT2D eigenvalue weighted by Gasteiger charge is -2.39. The molecular weight excluding hydrogens is 770 g/mol. The quantitative estimate of drug-likeness (QED) is 0.0821. The minimum absolute atomic E-state index is 0.00696. The molecule has 5 rings (SSSR count). The van der Waals surface area contributed by atoms with Crippen LogP contribution in [-0.2, 0) is 25.4 Å². The molecule has 2 N–H and O–H groups in total. The molecule has 1 saturated heterocycles. The van der Waals surface area contributed by atoms with Gasteiger partial charge in [-0.25, -0.2) is 14.0 Å². The summed E-state index contributed by atoms with van der Waals surface area (Å²) in [6, 6.07) is 9.35. The van der Waals surface area contributed by atoms with Crippen LogP contribution in [0.15, 0.2) is 60.0 Å².